The highest BCUT2D eigenvalue weighted by Crippen LogP contribution is 2.22. The fourth-order valence-electron chi connectivity index (χ4n) is 1.72. The normalized spacial score (nSPS) is 17.5. The van der Waals surface area contributed by atoms with Crippen LogP contribution in [0.4, 0.5) is 4.39 Å². The van der Waals surface area contributed by atoms with Gasteiger partial charge in [-0.3, -0.25) is 9.69 Å². The van der Waals surface area contributed by atoms with E-state index in [2.05, 4.69) is 5.32 Å². The number of rotatable bonds is 2. The summed E-state index contributed by atoms with van der Waals surface area (Å²) in [7, 11) is 0. The van der Waals surface area contributed by atoms with Gasteiger partial charge in [-0.1, -0.05) is 12.1 Å². The van der Waals surface area contributed by atoms with Crippen molar-refractivity contribution < 1.29 is 9.18 Å². The van der Waals surface area contributed by atoms with Crippen molar-refractivity contribution >= 4 is 23.2 Å². The molecule has 1 aliphatic rings. The largest absolute Gasteiger partial charge is 0.353 e. The minimum absolute atomic E-state index is 0.0539. The molecule has 0 saturated carbocycles. The van der Waals surface area contributed by atoms with Crippen LogP contribution in [0.1, 0.15) is 18.5 Å². The molecule has 84 valence electrons. The predicted molar refractivity (Wildman–Crippen MR) is 62.3 cm³/mol. The molecule has 1 aliphatic heterocycles. The molecule has 0 spiro atoms. The summed E-state index contributed by atoms with van der Waals surface area (Å²) in [5.41, 5.74) is 0.862. The third kappa shape index (κ3) is 1.90. The average Bonchev–Trinajstić information content (AvgIpc) is 2.59. The highest BCUT2D eigenvalue weighted by atomic mass is 32.1. The Kier molecular flexibility index (Phi) is 2.87. The van der Waals surface area contributed by atoms with Crippen LogP contribution in [0.3, 0.4) is 0 Å². The van der Waals surface area contributed by atoms with E-state index in [1.54, 1.807) is 12.1 Å². The van der Waals surface area contributed by atoms with E-state index in [0.29, 0.717) is 5.11 Å². The molecule has 1 aromatic rings. The van der Waals surface area contributed by atoms with Gasteiger partial charge >= 0.3 is 0 Å². The van der Waals surface area contributed by atoms with E-state index in [9.17, 15) is 9.18 Å². The minimum Gasteiger partial charge on any atom is -0.353 e. The lowest BCUT2D eigenvalue weighted by molar-refractivity contribution is -0.125. The van der Waals surface area contributed by atoms with Gasteiger partial charge in [0.25, 0.3) is 0 Å². The summed E-state index contributed by atoms with van der Waals surface area (Å²) in [6, 6.07) is 5.91. The quantitative estimate of drug-likeness (QED) is 0.794. The van der Waals surface area contributed by atoms with E-state index in [4.69, 9.17) is 12.2 Å². The zero-order valence-electron chi connectivity index (χ0n) is 8.74. The average molecular weight is 238 g/mol. The minimum atomic E-state index is -0.288. The van der Waals surface area contributed by atoms with Crippen molar-refractivity contribution in [2.24, 2.45) is 0 Å². The number of halogens is 1. The van der Waals surface area contributed by atoms with E-state index in [1.807, 2.05) is 6.92 Å². The maximum Gasteiger partial charge on any atom is 0.248 e. The van der Waals surface area contributed by atoms with E-state index in [1.165, 1.54) is 17.0 Å². The molecule has 2 rings (SSSR count). The second-order valence-electron chi connectivity index (χ2n) is 3.65. The number of benzene rings is 1. The van der Waals surface area contributed by atoms with Gasteiger partial charge in [-0.15, -0.1) is 0 Å². The Bertz CT molecular complexity index is 416. The SMILES string of the molecule is C[C@@H](c1ccc(F)cc1)N1C(=O)CNC1=S. The van der Waals surface area contributed by atoms with E-state index < -0.39 is 0 Å². The zero-order chi connectivity index (χ0) is 11.7. The van der Waals surface area contributed by atoms with Crippen molar-refractivity contribution in [2.75, 3.05) is 6.54 Å². The molecule has 1 N–H and O–H groups in total. The Morgan fingerprint density at radius 1 is 1.44 bits per heavy atom. The van der Waals surface area contributed by atoms with Crippen molar-refractivity contribution in [3.8, 4) is 0 Å². The molecule has 0 bridgehead atoms. The molecule has 16 heavy (non-hydrogen) atoms. The fourth-order valence-corrected chi connectivity index (χ4v) is 2.05. The monoisotopic (exact) mass is 238 g/mol. The predicted octanol–water partition coefficient (Wildman–Crippen LogP) is 1.60. The number of hydrogen-bond donors (Lipinski definition) is 1. The Labute approximate surface area is 98.2 Å². The van der Waals surface area contributed by atoms with Crippen LogP contribution < -0.4 is 5.32 Å². The maximum atomic E-state index is 12.8. The molecule has 1 aromatic carbocycles. The molecule has 3 nitrogen and oxygen atoms in total. The number of nitrogens with zero attached hydrogens (tertiary/aromatic N) is 1. The molecule has 1 fully saturated rings. The van der Waals surface area contributed by atoms with Gasteiger partial charge in [0, 0.05) is 0 Å². The first-order valence-corrected chi connectivity index (χ1v) is 5.36. The Hall–Kier alpha value is -1.49. The van der Waals surface area contributed by atoms with Crippen LogP contribution in [0.2, 0.25) is 0 Å². The van der Waals surface area contributed by atoms with Crippen molar-refractivity contribution in [3.63, 3.8) is 0 Å². The molecule has 0 unspecified atom stereocenters. The van der Waals surface area contributed by atoms with Crippen LogP contribution in [0, 0.1) is 5.82 Å². The topological polar surface area (TPSA) is 32.3 Å². The second-order valence-corrected chi connectivity index (χ2v) is 4.04. The lowest BCUT2D eigenvalue weighted by atomic mass is 10.1. The Balaban J connectivity index is 2.24. The summed E-state index contributed by atoms with van der Waals surface area (Å²) in [5, 5.41) is 3.25. The molecule has 1 heterocycles. The molecule has 1 saturated heterocycles. The molecular weight excluding hydrogens is 227 g/mol. The number of carbonyl (C=O) groups is 1. The van der Waals surface area contributed by atoms with Crippen LogP contribution in [0.15, 0.2) is 24.3 Å². The van der Waals surface area contributed by atoms with E-state index >= 15 is 0 Å². The van der Waals surface area contributed by atoms with Gasteiger partial charge in [-0.2, -0.15) is 0 Å². The first kappa shape index (κ1) is 11.0. The highest BCUT2D eigenvalue weighted by Gasteiger charge is 2.30. The van der Waals surface area contributed by atoms with Crippen molar-refractivity contribution in [2.45, 2.75) is 13.0 Å². The number of nitrogens with one attached hydrogen (secondary N) is 1. The van der Waals surface area contributed by atoms with Gasteiger partial charge in [0.15, 0.2) is 5.11 Å². The summed E-state index contributed by atoms with van der Waals surface area (Å²) >= 11 is 5.04. The van der Waals surface area contributed by atoms with Crippen LogP contribution in [0.5, 0.6) is 0 Å². The Morgan fingerprint density at radius 3 is 2.56 bits per heavy atom. The van der Waals surface area contributed by atoms with Gasteiger partial charge in [0.05, 0.1) is 12.6 Å². The lowest BCUT2D eigenvalue weighted by Gasteiger charge is -2.23. The summed E-state index contributed by atoms with van der Waals surface area (Å²) in [6.45, 7) is 2.11. The molecule has 0 aromatic heterocycles. The van der Waals surface area contributed by atoms with Gasteiger partial charge in [-0.05, 0) is 36.8 Å². The summed E-state index contributed by atoms with van der Waals surface area (Å²) < 4.78 is 12.8. The third-order valence-corrected chi connectivity index (χ3v) is 2.96. The van der Waals surface area contributed by atoms with Crippen LogP contribution >= 0.6 is 12.2 Å². The van der Waals surface area contributed by atoms with Crippen molar-refractivity contribution in [1.82, 2.24) is 10.2 Å². The maximum absolute atomic E-state index is 12.8. The smallest absolute Gasteiger partial charge is 0.248 e. The van der Waals surface area contributed by atoms with Crippen LogP contribution in [-0.2, 0) is 4.79 Å². The van der Waals surface area contributed by atoms with Crippen LogP contribution in [0.25, 0.3) is 0 Å². The zero-order valence-corrected chi connectivity index (χ0v) is 9.55. The van der Waals surface area contributed by atoms with E-state index in [-0.39, 0.29) is 24.3 Å². The molecule has 0 radical (unpaired) electrons. The van der Waals surface area contributed by atoms with Gasteiger partial charge in [-0.25, -0.2) is 4.39 Å². The van der Waals surface area contributed by atoms with Crippen molar-refractivity contribution in [1.29, 1.82) is 0 Å². The summed E-state index contributed by atoms with van der Waals surface area (Å²) in [4.78, 5) is 13.1. The number of amides is 1. The third-order valence-electron chi connectivity index (χ3n) is 2.62. The highest BCUT2D eigenvalue weighted by molar-refractivity contribution is 7.80. The van der Waals surface area contributed by atoms with Gasteiger partial charge in [0.1, 0.15) is 5.82 Å². The number of thiocarbonyl (C=S) groups is 1. The van der Waals surface area contributed by atoms with Gasteiger partial charge < -0.3 is 5.32 Å². The summed E-state index contributed by atoms with van der Waals surface area (Å²) in [5.74, 6) is -0.341. The first-order valence-electron chi connectivity index (χ1n) is 4.95. The number of hydrogen-bond acceptors (Lipinski definition) is 2. The molecule has 1 atom stereocenters. The van der Waals surface area contributed by atoms with Crippen molar-refractivity contribution in [3.05, 3.63) is 35.6 Å². The fraction of sp³-hybridized carbons (Fsp3) is 0.273. The second kappa shape index (κ2) is 4.17. The van der Waals surface area contributed by atoms with E-state index in [0.717, 1.165) is 5.56 Å². The first-order chi connectivity index (χ1) is 7.59. The molecule has 5 heteroatoms. The number of carbonyl (C=O) groups excluding carboxylic acids is 1. The summed E-state index contributed by atoms with van der Waals surface area (Å²) in [6.07, 6.45) is 0. The molecule has 1 amide bonds. The Morgan fingerprint density at radius 2 is 2.06 bits per heavy atom. The van der Waals surface area contributed by atoms with Gasteiger partial charge in [0.2, 0.25) is 5.91 Å². The molecular formula is C11H11FN2OS. The lowest BCUT2D eigenvalue weighted by Crippen LogP contribution is -2.33. The molecule has 0 aliphatic carbocycles. The standard InChI is InChI=1S/C11H11FN2OS/c1-7(8-2-4-9(12)5-3-8)14-10(15)6-13-11(14)16/h2-5,7H,6H2,1H3,(H,13,16)/t7-/m0/s1. The van der Waals surface area contributed by atoms with Crippen LogP contribution in [-0.4, -0.2) is 22.5 Å².